The number of nitriles is 2. The fourth-order valence-electron chi connectivity index (χ4n) is 5.49. The van der Waals surface area contributed by atoms with Crippen LogP contribution in [-0.4, -0.2) is 54.1 Å². The first kappa shape index (κ1) is 36.5. The van der Waals surface area contributed by atoms with Crippen molar-refractivity contribution in [1.82, 2.24) is 4.67 Å². The maximum atomic E-state index is 11.1. The fourth-order valence-corrected chi connectivity index (χ4v) is 7.12. The van der Waals surface area contributed by atoms with Gasteiger partial charge >= 0.3 is 0 Å². The van der Waals surface area contributed by atoms with Crippen molar-refractivity contribution >= 4 is 36.8 Å². The number of azo groups is 1. The predicted molar refractivity (Wildman–Crippen MR) is 180 cm³/mol. The molecule has 0 aromatic heterocycles. The molecule has 0 bridgehead atoms. The SMILES string of the molecule is COc1cc2c(cc1/N=N/c1ccc([N+](=O)[O-])cc1C#N)C(C)=CC(C)(C)N2CCCCOP(OCCC#N)N(C(C)C)C(C)C. The van der Waals surface area contributed by atoms with Gasteiger partial charge < -0.3 is 18.7 Å². The van der Waals surface area contributed by atoms with Crippen LogP contribution >= 0.6 is 8.53 Å². The standard InChI is InChI=1S/C33H44N7O5P/c1-23(2)39(24(3)4)46(45-17-11-14-34)44-16-10-9-15-38-31-20-32(43-8)30(19-28(31)25(5)21-33(38,6)7)37-36-29-13-12-27(40(41)42)18-26(29)22-35/h12-13,18-21,23-24H,9-11,15-17H2,1-8H3/b37-36+. The molecule has 0 spiro atoms. The number of allylic oxidation sites excluding steroid dienone is 1. The van der Waals surface area contributed by atoms with E-state index in [0.29, 0.717) is 31.1 Å². The molecule has 0 radical (unpaired) electrons. The number of hydrogen-bond donors (Lipinski definition) is 0. The summed E-state index contributed by atoms with van der Waals surface area (Å²) in [6.07, 6.45) is 4.26. The number of hydrogen-bond acceptors (Lipinski definition) is 11. The Bertz CT molecular complexity index is 1520. The number of benzene rings is 2. The maximum absolute atomic E-state index is 11.1. The molecule has 2 aromatic carbocycles. The minimum Gasteiger partial charge on any atom is -0.494 e. The molecule has 13 heteroatoms. The highest BCUT2D eigenvalue weighted by Gasteiger charge is 2.32. The summed E-state index contributed by atoms with van der Waals surface area (Å²) in [5.74, 6) is 0.518. The Morgan fingerprint density at radius 3 is 2.33 bits per heavy atom. The molecule has 0 N–H and O–H groups in total. The van der Waals surface area contributed by atoms with Gasteiger partial charge in [-0.05, 0) is 79.0 Å². The lowest BCUT2D eigenvalue weighted by molar-refractivity contribution is -0.384. The number of fused-ring (bicyclic) bond motifs is 1. The Kier molecular flexibility index (Phi) is 13.2. The number of nitro groups is 1. The second-order valence-electron chi connectivity index (χ2n) is 12.0. The second kappa shape index (κ2) is 16.6. The molecule has 0 fully saturated rings. The molecule has 46 heavy (non-hydrogen) atoms. The normalized spacial score (nSPS) is 14.7. The molecule has 0 saturated heterocycles. The number of anilines is 1. The number of non-ortho nitro benzene ring substituents is 1. The van der Waals surface area contributed by atoms with Crippen LogP contribution in [0.2, 0.25) is 0 Å². The number of nitrogens with zero attached hydrogens (tertiary/aromatic N) is 7. The van der Waals surface area contributed by atoms with Gasteiger partial charge in [0.05, 0.1) is 48.8 Å². The van der Waals surface area contributed by atoms with Gasteiger partial charge in [0.2, 0.25) is 0 Å². The first-order valence-corrected chi connectivity index (χ1v) is 16.5. The van der Waals surface area contributed by atoms with Crippen molar-refractivity contribution in [2.75, 3.05) is 31.8 Å². The van der Waals surface area contributed by atoms with Crippen molar-refractivity contribution in [1.29, 1.82) is 10.5 Å². The van der Waals surface area contributed by atoms with Crippen molar-refractivity contribution in [3.8, 4) is 17.9 Å². The van der Waals surface area contributed by atoms with Crippen LogP contribution in [0.4, 0.5) is 22.7 Å². The maximum Gasteiger partial charge on any atom is 0.270 e. The summed E-state index contributed by atoms with van der Waals surface area (Å²) in [6, 6.07) is 12.4. The van der Waals surface area contributed by atoms with Gasteiger partial charge in [-0.15, -0.1) is 10.2 Å². The van der Waals surface area contributed by atoms with Crippen LogP contribution in [0.1, 0.15) is 78.9 Å². The smallest absolute Gasteiger partial charge is 0.270 e. The van der Waals surface area contributed by atoms with Gasteiger partial charge in [-0.25, -0.2) is 4.67 Å². The molecule has 0 amide bonds. The summed E-state index contributed by atoms with van der Waals surface area (Å²) in [5.41, 5.74) is 3.43. The summed E-state index contributed by atoms with van der Waals surface area (Å²) < 4.78 is 20.3. The van der Waals surface area contributed by atoms with Crippen LogP contribution in [0.25, 0.3) is 5.57 Å². The molecule has 246 valence electrons. The summed E-state index contributed by atoms with van der Waals surface area (Å²) in [4.78, 5) is 12.9. The second-order valence-corrected chi connectivity index (χ2v) is 13.5. The van der Waals surface area contributed by atoms with E-state index in [4.69, 9.17) is 19.0 Å². The Balaban J connectivity index is 1.79. The molecular weight excluding hydrogens is 605 g/mol. The number of methoxy groups -OCH3 is 1. The van der Waals surface area contributed by atoms with E-state index < -0.39 is 13.4 Å². The zero-order valence-electron chi connectivity index (χ0n) is 28.0. The lowest BCUT2D eigenvalue weighted by atomic mass is 9.88. The van der Waals surface area contributed by atoms with Gasteiger partial charge in [0.25, 0.3) is 14.2 Å². The topological polar surface area (TPSA) is 150 Å². The van der Waals surface area contributed by atoms with Gasteiger partial charge in [-0.1, -0.05) is 6.08 Å². The molecule has 2 aromatic rings. The Hall–Kier alpha value is -3.93. The highest BCUT2D eigenvalue weighted by atomic mass is 31.2. The number of ether oxygens (including phenoxy) is 1. The molecule has 1 aliphatic rings. The van der Waals surface area contributed by atoms with Crippen LogP contribution in [0.3, 0.4) is 0 Å². The Morgan fingerprint density at radius 1 is 1.04 bits per heavy atom. The van der Waals surface area contributed by atoms with Crippen molar-refractivity contribution < 1.29 is 18.7 Å². The zero-order valence-corrected chi connectivity index (χ0v) is 28.9. The molecule has 1 atom stereocenters. The zero-order chi connectivity index (χ0) is 34.0. The average Bonchev–Trinajstić information content (AvgIpc) is 2.99. The van der Waals surface area contributed by atoms with Gasteiger partial charge in [0, 0.05) is 48.1 Å². The summed E-state index contributed by atoms with van der Waals surface area (Å²) in [6.45, 7) is 16.6. The molecule has 1 unspecified atom stereocenters. The van der Waals surface area contributed by atoms with Crippen molar-refractivity contribution in [2.45, 2.75) is 85.4 Å². The van der Waals surface area contributed by atoms with E-state index in [-0.39, 0.29) is 34.6 Å². The molecule has 12 nitrogen and oxygen atoms in total. The molecule has 0 saturated carbocycles. The van der Waals surface area contributed by atoms with E-state index in [1.165, 1.54) is 18.2 Å². The monoisotopic (exact) mass is 649 g/mol. The largest absolute Gasteiger partial charge is 0.494 e. The summed E-state index contributed by atoms with van der Waals surface area (Å²) in [5, 5.41) is 38.2. The van der Waals surface area contributed by atoms with Crippen LogP contribution in [0.5, 0.6) is 5.75 Å². The van der Waals surface area contributed by atoms with Gasteiger partial charge in [0.1, 0.15) is 23.2 Å². The number of unbranched alkanes of at least 4 members (excludes halogenated alkanes) is 1. The van der Waals surface area contributed by atoms with E-state index in [2.05, 4.69) is 80.4 Å². The molecule has 3 rings (SSSR count). The lowest BCUT2D eigenvalue weighted by Gasteiger charge is -2.43. The first-order valence-electron chi connectivity index (χ1n) is 15.4. The van der Waals surface area contributed by atoms with Crippen LogP contribution in [0.15, 0.2) is 46.6 Å². The van der Waals surface area contributed by atoms with Gasteiger partial charge in [-0.2, -0.15) is 10.5 Å². The summed E-state index contributed by atoms with van der Waals surface area (Å²) in [7, 11) is 0.293. The highest BCUT2D eigenvalue weighted by Crippen LogP contribution is 2.47. The van der Waals surface area contributed by atoms with Crippen molar-refractivity contribution in [3.05, 3.63) is 57.6 Å². The first-order chi connectivity index (χ1) is 21.8. The lowest BCUT2D eigenvalue weighted by Crippen LogP contribution is -2.45. The van der Waals surface area contributed by atoms with E-state index in [1.54, 1.807) is 7.11 Å². The third-order valence-corrected chi connectivity index (χ3v) is 9.60. The Morgan fingerprint density at radius 2 is 1.72 bits per heavy atom. The van der Waals surface area contributed by atoms with Crippen LogP contribution in [-0.2, 0) is 9.05 Å². The van der Waals surface area contributed by atoms with E-state index in [9.17, 15) is 15.4 Å². The molecule has 1 aliphatic heterocycles. The number of nitro benzene ring substituents is 1. The van der Waals surface area contributed by atoms with Crippen molar-refractivity contribution in [3.63, 3.8) is 0 Å². The predicted octanol–water partition coefficient (Wildman–Crippen LogP) is 8.97. The molecule has 1 heterocycles. The van der Waals surface area contributed by atoms with E-state index in [1.807, 2.05) is 18.2 Å². The fraction of sp³-hybridized carbons (Fsp3) is 0.515. The van der Waals surface area contributed by atoms with Gasteiger partial charge in [-0.3, -0.25) is 10.1 Å². The average molecular weight is 650 g/mol. The minimum atomic E-state index is -1.28. The van der Waals surface area contributed by atoms with Crippen LogP contribution < -0.4 is 9.64 Å². The third-order valence-electron chi connectivity index (χ3n) is 7.50. The Labute approximate surface area is 273 Å². The van der Waals surface area contributed by atoms with Crippen molar-refractivity contribution in [2.24, 2.45) is 10.2 Å². The van der Waals surface area contributed by atoms with Gasteiger partial charge in [0.15, 0.2) is 0 Å². The molecular formula is C33H44N7O5P. The van der Waals surface area contributed by atoms with E-state index in [0.717, 1.165) is 36.2 Å². The quantitative estimate of drug-likeness (QED) is 0.0571. The molecule has 0 aliphatic carbocycles. The summed E-state index contributed by atoms with van der Waals surface area (Å²) >= 11 is 0. The van der Waals surface area contributed by atoms with E-state index >= 15 is 0 Å². The minimum absolute atomic E-state index is 0.0604. The number of rotatable bonds is 16. The van der Waals surface area contributed by atoms with Crippen LogP contribution in [0, 0.1) is 32.8 Å². The highest BCUT2D eigenvalue weighted by molar-refractivity contribution is 7.44. The third kappa shape index (κ3) is 9.08.